The summed E-state index contributed by atoms with van der Waals surface area (Å²) in [4.78, 5) is 29.2. The molecular formula is C18H21N3O3S. The Hall–Kier alpha value is -2.41. The van der Waals surface area contributed by atoms with Gasteiger partial charge in [0.25, 0.3) is 5.91 Å². The lowest BCUT2D eigenvalue weighted by Gasteiger charge is -2.23. The molecule has 7 heteroatoms. The molecule has 25 heavy (non-hydrogen) atoms. The summed E-state index contributed by atoms with van der Waals surface area (Å²) in [7, 11) is 0. The van der Waals surface area contributed by atoms with Crippen molar-refractivity contribution in [3.63, 3.8) is 0 Å². The van der Waals surface area contributed by atoms with Gasteiger partial charge in [0.1, 0.15) is 5.75 Å². The zero-order valence-corrected chi connectivity index (χ0v) is 15.3. The fourth-order valence-corrected chi connectivity index (χ4v) is 3.44. The van der Waals surface area contributed by atoms with Gasteiger partial charge in [-0.05, 0) is 38.5 Å². The third kappa shape index (κ3) is 3.82. The number of hydrogen-bond acceptors (Lipinski definition) is 5. The molecule has 2 amide bonds. The highest BCUT2D eigenvalue weighted by atomic mass is 32.1. The number of unbranched alkanes of at least 4 members (excludes halogenated alkanes) is 1. The first-order valence-corrected chi connectivity index (χ1v) is 9.18. The Labute approximate surface area is 150 Å². The Morgan fingerprint density at radius 2 is 2.24 bits per heavy atom. The van der Waals surface area contributed by atoms with Crippen LogP contribution in [0.4, 0.5) is 10.8 Å². The van der Waals surface area contributed by atoms with E-state index in [2.05, 4.69) is 22.5 Å². The normalized spacial score (nSPS) is 16.0. The molecule has 0 aliphatic carbocycles. The molecule has 0 fully saturated rings. The maximum Gasteiger partial charge on any atom is 0.265 e. The summed E-state index contributed by atoms with van der Waals surface area (Å²) < 4.78 is 5.57. The summed E-state index contributed by atoms with van der Waals surface area (Å²) in [6.45, 7) is 5.73. The van der Waals surface area contributed by atoms with E-state index in [4.69, 9.17) is 4.74 Å². The molecule has 1 atom stereocenters. The molecule has 2 N–H and O–H groups in total. The maximum atomic E-state index is 11.9. The molecule has 0 bridgehead atoms. The molecule has 2 heterocycles. The number of aryl methyl sites for hydroxylation is 1. The summed E-state index contributed by atoms with van der Waals surface area (Å²) in [5.41, 5.74) is 2.31. The van der Waals surface area contributed by atoms with Crippen LogP contribution in [0.1, 0.15) is 38.0 Å². The highest BCUT2D eigenvalue weighted by molar-refractivity contribution is 7.16. The number of carbonyl (C=O) groups excluding carboxylic acids is 2. The highest BCUT2D eigenvalue weighted by Gasteiger charge is 2.24. The molecule has 0 saturated carbocycles. The number of hydrogen-bond donors (Lipinski definition) is 2. The third-order valence-corrected chi connectivity index (χ3v) is 4.87. The average molecular weight is 359 g/mol. The predicted octanol–water partition coefficient (Wildman–Crippen LogP) is 3.97. The summed E-state index contributed by atoms with van der Waals surface area (Å²) in [5.74, 6) is 0.475. The van der Waals surface area contributed by atoms with E-state index in [1.54, 1.807) is 6.92 Å². The quantitative estimate of drug-likeness (QED) is 0.846. The number of thiazole rings is 1. The van der Waals surface area contributed by atoms with E-state index in [-0.39, 0.29) is 11.8 Å². The molecule has 0 spiro atoms. The Morgan fingerprint density at radius 3 is 3.00 bits per heavy atom. The second kappa shape index (κ2) is 7.23. The fraction of sp³-hybridized carbons (Fsp3) is 0.389. The number of amides is 2. The Bertz CT molecular complexity index is 816. The molecule has 1 aromatic carbocycles. The van der Waals surface area contributed by atoms with Gasteiger partial charge < -0.3 is 15.4 Å². The molecule has 1 aromatic heterocycles. The lowest BCUT2D eigenvalue weighted by atomic mass is 10.1. The number of aromatic nitrogens is 1. The number of anilines is 2. The highest BCUT2D eigenvalue weighted by Crippen LogP contribution is 2.36. The topological polar surface area (TPSA) is 80.3 Å². The Morgan fingerprint density at radius 1 is 1.44 bits per heavy atom. The van der Waals surface area contributed by atoms with Gasteiger partial charge in [0.2, 0.25) is 5.91 Å². The van der Waals surface area contributed by atoms with E-state index in [1.807, 2.05) is 25.1 Å². The Balaban J connectivity index is 1.82. The minimum atomic E-state index is -0.496. The van der Waals surface area contributed by atoms with Crippen molar-refractivity contribution in [3.8, 4) is 17.0 Å². The predicted molar refractivity (Wildman–Crippen MR) is 99.2 cm³/mol. The molecule has 2 aromatic rings. The van der Waals surface area contributed by atoms with Crippen LogP contribution in [0, 0.1) is 6.92 Å². The van der Waals surface area contributed by atoms with Crippen LogP contribution in [-0.4, -0.2) is 22.9 Å². The summed E-state index contributed by atoms with van der Waals surface area (Å²) >= 11 is 1.45. The van der Waals surface area contributed by atoms with E-state index in [9.17, 15) is 9.59 Å². The minimum absolute atomic E-state index is 0.0118. The third-order valence-electron chi connectivity index (χ3n) is 3.98. The van der Waals surface area contributed by atoms with Crippen LogP contribution in [-0.2, 0) is 9.59 Å². The lowest BCUT2D eigenvalue weighted by Crippen LogP contribution is -2.34. The monoisotopic (exact) mass is 359 g/mol. The van der Waals surface area contributed by atoms with Crippen LogP contribution in [0.25, 0.3) is 11.3 Å². The van der Waals surface area contributed by atoms with Crippen molar-refractivity contribution >= 4 is 34.0 Å². The van der Waals surface area contributed by atoms with Gasteiger partial charge in [-0.3, -0.25) is 9.59 Å². The standard InChI is InChI=1S/C18H21N3O3S/c1-4-5-6-15(22)20-18-21-16(11(3)25-18)12-7-8-14-13(9-12)19-17(23)10(2)24-14/h7-10H,4-6H2,1-3H3,(H,19,23)(H,20,21,22)/t10-/m0/s1. The molecule has 1 aliphatic rings. The van der Waals surface area contributed by atoms with Gasteiger partial charge in [0, 0.05) is 16.9 Å². The SMILES string of the molecule is CCCCC(=O)Nc1nc(-c2ccc3c(c2)NC(=O)[C@H](C)O3)c(C)s1. The first-order chi connectivity index (χ1) is 12.0. The van der Waals surface area contributed by atoms with E-state index in [0.717, 1.165) is 29.0 Å². The van der Waals surface area contributed by atoms with Gasteiger partial charge in [-0.2, -0.15) is 0 Å². The first kappa shape index (κ1) is 17.4. The van der Waals surface area contributed by atoms with Gasteiger partial charge in [-0.15, -0.1) is 11.3 Å². The number of nitrogens with zero attached hydrogens (tertiary/aromatic N) is 1. The zero-order chi connectivity index (χ0) is 18.0. The number of ether oxygens (including phenoxy) is 1. The molecule has 0 radical (unpaired) electrons. The molecule has 0 unspecified atom stereocenters. The van der Waals surface area contributed by atoms with E-state index in [0.29, 0.717) is 23.0 Å². The van der Waals surface area contributed by atoms with Crippen molar-refractivity contribution in [1.82, 2.24) is 4.98 Å². The van der Waals surface area contributed by atoms with Gasteiger partial charge in [0.05, 0.1) is 11.4 Å². The number of rotatable bonds is 5. The molecule has 1 aliphatic heterocycles. The Kier molecular flexibility index (Phi) is 5.03. The van der Waals surface area contributed by atoms with Crippen molar-refractivity contribution in [2.45, 2.75) is 46.1 Å². The van der Waals surface area contributed by atoms with Crippen LogP contribution in [0.3, 0.4) is 0 Å². The zero-order valence-electron chi connectivity index (χ0n) is 14.5. The number of benzene rings is 1. The molecule has 3 rings (SSSR count). The first-order valence-electron chi connectivity index (χ1n) is 8.37. The van der Waals surface area contributed by atoms with Crippen LogP contribution >= 0.6 is 11.3 Å². The molecule has 6 nitrogen and oxygen atoms in total. The number of fused-ring (bicyclic) bond motifs is 1. The largest absolute Gasteiger partial charge is 0.479 e. The fourth-order valence-electron chi connectivity index (χ4n) is 2.59. The van der Waals surface area contributed by atoms with Gasteiger partial charge in [-0.25, -0.2) is 4.98 Å². The van der Waals surface area contributed by atoms with Crippen molar-refractivity contribution in [1.29, 1.82) is 0 Å². The maximum absolute atomic E-state index is 11.9. The van der Waals surface area contributed by atoms with Crippen molar-refractivity contribution in [3.05, 3.63) is 23.1 Å². The second-order valence-electron chi connectivity index (χ2n) is 6.04. The van der Waals surface area contributed by atoms with E-state index < -0.39 is 6.10 Å². The van der Waals surface area contributed by atoms with Gasteiger partial charge >= 0.3 is 0 Å². The van der Waals surface area contributed by atoms with Crippen LogP contribution in [0.15, 0.2) is 18.2 Å². The lowest BCUT2D eigenvalue weighted by molar-refractivity contribution is -0.122. The van der Waals surface area contributed by atoms with Crippen LogP contribution in [0.2, 0.25) is 0 Å². The van der Waals surface area contributed by atoms with Crippen LogP contribution < -0.4 is 15.4 Å². The summed E-state index contributed by atoms with van der Waals surface area (Å²) in [6.07, 6.45) is 1.86. The van der Waals surface area contributed by atoms with Crippen molar-refractivity contribution in [2.75, 3.05) is 10.6 Å². The van der Waals surface area contributed by atoms with Crippen LogP contribution in [0.5, 0.6) is 5.75 Å². The number of nitrogens with one attached hydrogen (secondary N) is 2. The smallest absolute Gasteiger partial charge is 0.265 e. The average Bonchev–Trinajstić information content (AvgIpc) is 2.94. The van der Waals surface area contributed by atoms with Gasteiger partial charge in [0.15, 0.2) is 11.2 Å². The molecular weight excluding hydrogens is 338 g/mol. The van der Waals surface area contributed by atoms with E-state index in [1.165, 1.54) is 11.3 Å². The van der Waals surface area contributed by atoms with Crippen molar-refractivity contribution in [2.24, 2.45) is 0 Å². The summed E-state index contributed by atoms with van der Waals surface area (Å²) in [5, 5.41) is 6.30. The molecule has 0 saturated heterocycles. The summed E-state index contributed by atoms with van der Waals surface area (Å²) in [6, 6.07) is 5.59. The minimum Gasteiger partial charge on any atom is -0.479 e. The van der Waals surface area contributed by atoms with E-state index >= 15 is 0 Å². The van der Waals surface area contributed by atoms with Gasteiger partial charge in [-0.1, -0.05) is 13.3 Å². The second-order valence-corrected chi connectivity index (χ2v) is 7.24. The number of carbonyl (C=O) groups is 2. The van der Waals surface area contributed by atoms with Crippen molar-refractivity contribution < 1.29 is 14.3 Å². The molecule has 132 valence electrons.